The molecule has 0 saturated heterocycles. The van der Waals surface area contributed by atoms with Crippen molar-refractivity contribution >= 4 is 46.0 Å². The van der Waals surface area contributed by atoms with E-state index < -0.39 is 11.2 Å². The smallest absolute Gasteiger partial charge is 0.338 e. The average molecular weight is 254 g/mol. The molecule has 0 aromatic carbocycles. The highest BCUT2D eigenvalue weighted by molar-refractivity contribution is 6.70. The van der Waals surface area contributed by atoms with Gasteiger partial charge in [-0.1, -0.05) is 23.2 Å². The van der Waals surface area contributed by atoms with Gasteiger partial charge in [-0.05, 0) is 11.6 Å². The first kappa shape index (κ1) is 11.2. The summed E-state index contributed by atoms with van der Waals surface area (Å²) in [5.41, 5.74) is -0.616. The minimum atomic E-state index is -1.31. The molecule has 0 bridgehead atoms. The zero-order chi connectivity index (χ0) is 10.9. The molecule has 74 valence electrons. The number of carboxylic acid groups (broad SMARTS) is 1. The predicted octanol–water partition coefficient (Wildman–Crippen LogP) is 2.47. The zero-order valence-corrected chi connectivity index (χ0v) is 8.69. The maximum atomic E-state index is 10.8. The van der Waals surface area contributed by atoms with Crippen molar-refractivity contribution in [3.05, 3.63) is 27.5 Å². The fraction of sp³-hybridized carbons (Fsp3) is 0. The van der Waals surface area contributed by atoms with E-state index in [1.165, 1.54) is 0 Å². The van der Waals surface area contributed by atoms with E-state index in [-0.39, 0.29) is 21.3 Å². The molecule has 1 heterocycles. The number of halogens is 3. The largest absolute Gasteiger partial charge is 0.478 e. The summed E-state index contributed by atoms with van der Waals surface area (Å²) in [6.45, 7) is 0. The van der Waals surface area contributed by atoms with Gasteiger partial charge in [-0.15, -0.1) is 0 Å². The highest BCUT2D eigenvalue weighted by Crippen LogP contribution is 2.27. The lowest BCUT2D eigenvalue weighted by atomic mass is 10.2. The molecule has 0 atom stereocenters. The Labute approximate surface area is 93.4 Å². The molecule has 4 nitrogen and oxygen atoms in total. The van der Waals surface area contributed by atoms with Gasteiger partial charge in [0.25, 0.3) is 5.24 Å². The number of hydrogen-bond donors (Lipinski definition) is 1. The third-order valence-electron chi connectivity index (χ3n) is 1.40. The van der Waals surface area contributed by atoms with E-state index >= 15 is 0 Å². The molecular formula is C7H2Cl3NO3. The number of carboxylic acids is 1. The van der Waals surface area contributed by atoms with Crippen LogP contribution in [0.4, 0.5) is 0 Å². The summed E-state index contributed by atoms with van der Waals surface area (Å²) in [7, 11) is 0. The lowest BCUT2D eigenvalue weighted by molar-refractivity contribution is 0.0696. The molecule has 14 heavy (non-hydrogen) atoms. The van der Waals surface area contributed by atoms with E-state index in [1.54, 1.807) is 0 Å². The van der Waals surface area contributed by atoms with Crippen molar-refractivity contribution in [3.8, 4) is 0 Å². The molecule has 0 unspecified atom stereocenters. The molecule has 0 saturated carbocycles. The van der Waals surface area contributed by atoms with Gasteiger partial charge in [-0.2, -0.15) is 0 Å². The van der Waals surface area contributed by atoms with Crippen LogP contribution in [0.2, 0.25) is 10.2 Å². The predicted molar refractivity (Wildman–Crippen MR) is 51.4 cm³/mol. The summed E-state index contributed by atoms with van der Waals surface area (Å²) in [6, 6.07) is 0. The minimum absolute atomic E-state index is 0.222. The minimum Gasteiger partial charge on any atom is -0.478 e. The Morgan fingerprint density at radius 3 is 2.36 bits per heavy atom. The van der Waals surface area contributed by atoms with E-state index in [4.69, 9.17) is 39.9 Å². The molecule has 1 aromatic rings. The van der Waals surface area contributed by atoms with Gasteiger partial charge in [-0.25, -0.2) is 9.78 Å². The van der Waals surface area contributed by atoms with Crippen molar-refractivity contribution < 1.29 is 14.7 Å². The Morgan fingerprint density at radius 2 is 1.93 bits per heavy atom. The van der Waals surface area contributed by atoms with Gasteiger partial charge < -0.3 is 5.11 Å². The van der Waals surface area contributed by atoms with E-state index in [0.29, 0.717) is 0 Å². The fourth-order valence-electron chi connectivity index (χ4n) is 0.784. The molecular weight excluding hydrogens is 252 g/mol. The van der Waals surface area contributed by atoms with Crippen LogP contribution in [0.15, 0.2) is 6.20 Å². The zero-order valence-electron chi connectivity index (χ0n) is 6.42. The van der Waals surface area contributed by atoms with E-state index in [9.17, 15) is 9.59 Å². The molecule has 0 spiro atoms. The lowest BCUT2D eigenvalue weighted by Crippen LogP contribution is -2.04. The quantitative estimate of drug-likeness (QED) is 0.650. The third-order valence-corrected chi connectivity index (χ3v) is 2.26. The van der Waals surface area contributed by atoms with Crippen molar-refractivity contribution in [1.82, 2.24) is 4.98 Å². The van der Waals surface area contributed by atoms with Gasteiger partial charge in [0, 0.05) is 6.20 Å². The summed E-state index contributed by atoms with van der Waals surface area (Å²) in [5, 5.41) is 7.16. The highest BCUT2D eigenvalue weighted by atomic mass is 35.5. The SMILES string of the molecule is O=C(O)c1cnc(Cl)c(C(=O)Cl)c1Cl. The molecule has 1 N–H and O–H groups in total. The van der Waals surface area contributed by atoms with Gasteiger partial charge >= 0.3 is 5.97 Å². The van der Waals surface area contributed by atoms with Crippen LogP contribution in [0, 0.1) is 0 Å². The molecule has 0 aliphatic rings. The number of hydrogen-bond acceptors (Lipinski definition) is 3. The Balaban J connectivity index is 3.49. The van der Waals surface area contributed by atoms with E-state index in [1.807, 2.05) is 0 Å². The fourth-order valence-corrected chi connectivity index (χ4v) is 1.65. The highest BCUT2D eigenvalue weighted by Gasteiger charge is 2.20. The van der Waals surface area contributed by atoms with Crippen LogP contribution >= 0.6 is 34.8 Å². The number of aromatic carboxylic acids is 1. The van der Waals surface area contributed by atoms with Crippen LogP contribution in [0.5, 0.6) is 0 Å². The Hall–Kier alpha value is -0.840. The average Bonchev–Trinajstić information content (AvgIpc) is 2.02. The normalized spacial score (nSPS) is 9.93. The Bertz CT molecular complexity index is 419. The molecule has 1 rings (SSSR count). The molecule has 0 fully saturated rings. The van der Waals surface area contributed by atoms with Gasteiger partial charge in [0.05, 0.1) is 16.1 Å². The number of carbonyl (C=O) groups is 2. The van der Waals surface area contributed by atoms with Crippen LogP contribution in [-0.2, 0) is 0 Å². The first-order valence-electron chi connectivity index (χ1n) is 3.22. The topological polar surface area (TPSA) is 67.3 Å². The molecule has 0 aliphatic heterocycles. The van der Waals surface area contributed by atoms with Crippen LogP contribution in [0.25, 0.3) is 0 Å². The summed E-state index contributed by atoms with van der Waals surface area (Å²) in [4.78, 5) is 24.9. The second kappa shape index (κ2) is 4.13. The summed E-state index contributed by atoms with van der Waals surface area (Å²) >= 11 is 16.3. The molecule has 7 heteroatoms. The van der Waals surface area contributed by atoms with Crippen molar-refractivity contribution in [2.75, 3.05) is 0 Å². The standard InChI is InChI=1S/C7H2Cl3NO3/c8-4-2(7(13)14)1-11-5(9)3(4)6(10)12/h1H,(H,13,14). The molecule has 0 amide bonds. The van der Waals surface area contributed by atoms with E-state index in [0.717, 1.165) is 6.20 Å². The van der Waals surface area contributed by atoms with Crippen LogP contribution in [0.1, 0.15) is 20.7 Å². The van der Waals surface area contributed by atoms with Gasteiger partial charge in [0.2, 0.25) is 0 Å². The van der Waals surface area contributed by atoms with Gasteiger partial charge in [-0.3, -0.25) is 4.79 Å². The molecule has 0 radical (unpaired) electrons. The number of nitrogens with zero attached hydrogens (tertiary/aromatic N) is 1. The number of carbonyl (C=O) groups excluding carboxylic acids is 1. The van der Waals surface area contributed by atoms with Crippen LogP contribution < -0.4 is 0 Å². The molecule has 0 aliphatic carbocycles. The van der Waals surface area contributed by atoms with Crippen molar-refractivity contribution in [1.29, 1.82) is 0 Å². The third kappa shape index (κ3) is 1.97. The van der Waals surface area contributed by atoms with Crippen LogP contribution in [-0.4, -0.2) is 21.3 Å². The van der Waals surface area contributed by atoms with Gasteiger partial charge in [0.15, 0.2) is 0 Å². The first-order chi connectivity index (χ1) is 6.45. The maximum Gasteiger partial charge on any atom is 0.338 e. The Morgan fingerprint density at radius 1 is 1.36 bits per heavy atom. The monoisotopic (exact) mass is 253 g/mol. The van der Waals surface area contributed by atoms with Crippen molar-refractivity contribution in [2.24, 2.45) is 0 Å². The summed E-state index contributed by atoms with van der Waals surface area (Å²) in [6.07, 6.45) is 0.955. The van der Waals surface area contributed by atoms with Crippen molar-refractivity contribution in [2.45, 2.75) is 0 Å². The second-order valence-electron chi connectivity index (χ2n) is 2.23. The first-order valence-corrected chi connectivity index (χ1v) is 4.35. The van der Waals surface area contributed by atoms with Gasteiger partial charge in [0.1, 0.15) is 5.15 Å². The van der Waals surface area contributed by atoms with Crippen LogP contribution in [0.3, 0.4) is 0 Å². The number of pyridine rings is 1. The lowest BCUT2D eigenvalue weighted by Gasteiger charge is -2.03. The number of rotatable bonds is 2. The summed E-state index contributed by atoms with van der Waals surface area (Å²) < 4.78 is 0. The van der Waals surface area contributed by atoms with E-state index in [2.05, 4.69) is 4.98 Å². The van der Waals surface area contributed by atoms with Crippen molar-refractivity contribution in [3.63, 3.8) is 0 Å². The Kier molecular flexibility index (Phi) is 3.31. The summed E-state index contributed by atoms with van der Waals surface area (Å²) in [5.74, 6) is -1.31. The maximum absolute atomic E-state index is 10.8. The molecule has 1 aromatic heterocycles. The second-order valence-corrected chi connectivity index (χ2v) is 3.31. The number of aromatic nitrogens is 1.